The molecule has 1 aliphatic rings. The van der Waals surface area contributed by atoms with Crippen LogP contribution in [0, 0.1) is 17.2 Å². The second-order valence-electron chi connectivity index (χ2n) is 7.25. The van der Waals surface area contributed by atoms with Crippen LogP contribution in [0.2, 0.25) is 0 Å². The summed E-state index contributed by atoms with van der Waals surface area (Å²) in [5.74, 6) is 1.43. The monoisotopic (exact) mass is 359 g/mol. The summed E-state index contributed by atoms with van der Waals surface area (Å²) in [5, 5.41) is 12.3. The molecule has 6 heteroatoms. The summed E-state index contributed by atoms with van der Waals surface area (Å²) >= 11 is 0. The van der Waals surface area contributed by atoms with Crippen LogP contribution in [0.25, 0.3) is 0 Å². The SMILES string of the molecule is COc1ccc([C@H]2CCCN2CC(=O)N[C@@](C)(C#N)C(C)C)c(OC)c1. The van der Waals surface area contributed by atoms with Gasteiger partial charge in [-0.3, -0.25) is 9.69 Å². The van der Waals surface area contributed by atoms with Crippen molar-refractivity contribution in [3.63, 3.8) is 0 Å². The van der Waals surface area contributed by atoms with Crippen molar-refractivity contribution in [2.24, 2.45) is 5.92 Å². The summed E-state index contributed by atoms with van der Waals surface area (Å²) in [6, 6.07) is 8.14. The number of benzene rings is 1. The molecular weight excluding hydrogens is 330 g/mol. The van der Waals surface area contributed by atoms with Gasteiger partial charge < -0.3 is 14.8 Å². The number of ether oxygens (including phenoxy) is 2. The molecule has 0 aromatic heterocycles. The van der Waals surface area contributed by atoms with E-state index in [-0.39, 0.29) is 24.4 Å². The Morgan fingerprint density at radius 1 is 1.42 bits per heavy atom. The average Bonchev–Trinajstić information content (AvgIpc) is 3.08. The quantitative estimate of drug-likeness (QED) is 0.810. The highest BCUT2D eigenvalue weighted by molar-refractivity contribution is 5.79. The summed E-state index contributed by atoms with van der Waals surface area (Å²) in [4.78, 5) is 14.7. The number of nitrogens with one attached hydrogen (secondary N) is 1. The predicted octanol–water partition coefficient (Wildman–Crippen LogP) is 2.90. The van der Waals surface area contributed by atoms with Crippen molar-refractivity contribution in [2.75, 3.05) is 27.3 Å². The molecule has 1 amide bonds. The first-order valence-electron chi connectivity index (χ1n) is 9.03. The molecule has 1 aromatic carbocycles. The molecule has 1 aliphatic heterocycles. The molecule has 0 unspecified atom stereocenters. The molecule has 2 rings (SSSR count). The van der Waals surface area contributed by atoms with E-state index >= 15 is 0 Å². The van der Waals surface area contributed by atoms with E-state index in [9.17, 15) is 10.1 Å². The Bertz CT molecular complexity index is 683. The van der Waals surface area contributed by atoms with E-state index in [0.717, 1.165) is 36.4 Å². The lowest BCUT2D eigenvalue weighted by Crippen LogP contribution is -2.51. The standard InChI is InChI=1S/C20H29N3O3/c1-14(2)20(3,13-21)22-19(24)12-23-10-6-7-17(23)16-9-8-15(25-4)11-18(16)26-5/h8-9,11,14,17H,6-7,10,12H2,1-5H3,(H,22,24)/t17-,20+/m1/s1. The number of hydrogen-bond acceptors (Lipinski definition) is 5. The van der Waals surface area contributed by atoms with Gasteiger partial charge in [-0.25, -0.2) is 0 Å². The Kier molecular flexibility index (Phi) is 6.49. The minimum Gasteiger partial charge on any atom is -0.497 e. The van der Waals surface area contributed by atoms with Gasteiger partial charge in [0.25, 0.3) is 0 Å². The number of amides is 1. The number of hydrogen-bond donors (Lipinski definition) is 1. The molecule has 1 aromatic rings. The molecule has 0 bridgehead atoms. The summed E-state index contributed by atoms with van der Waals surface area (Å²) in [6.07, 6.45) is 1.99. The first kappa shape index (κ1) is 20.1. The normalized spacial score (nSPS) is 19.7. The molecule has 6 nitrogen and oxygen atoms in total. The fourth-order valence-corrected chi connectivity index (χ4v) is 3.28. The van der Waals surface area contributed by atoms with Gasteiger partial charge in [0.05, 0.1) is 26.8 Å². The van der Waals surface area contributed by atoms with Crippen LogP contribution in [0.15, 0.2) is 18.2 Å². The van der Waals surface area contributed by atoms with E-state index in [0.29, 0.717) is 0 Å². The second kappa shape index (κ2) is 8.41. The molecule has 1 fully saturated rings. The second-order valence-corrected chi connectivity index (χ2v) is 7.25. The summed E-state index contributed by atoms with van der Waals surface area (Å²) in [5.41, 5.74) is 0.204. The van der Waals surface area contributed by atoms with Gasteiger partial charge in [0.15, 0.2) is 0 Å². The number of nitrogens with zero attached hydrogens (tertiary/aromatic N) is 2. The van der Waals surface area contributed by atoms with Crippen molar-refractivity contribution in [1.82, 2.24) is 10.2 Å². The van der Waals surface area contributed by atoms with Crippen LogP contribution >= 0.6 is 0 Å². The number of nitriles is 1. The highest BCUT2D eigenvalue weighted by Gasteiger charge is 2.33. The van der Waals surface area contributed by atoms with Gasteiger partial charge in [-0.1, -0.05) is 19.9 Å². The van der Waals surface area contributed by atoms with Gasteiger partial charge >= 0.3 is 0 Å². The minimum atomic E-state index is -0.857. The number of carbonyl (C=O) groups is 1. The predicted molar refractivity (Wildman–Crippen MR) is 100 cm³/mol. The van der Waals surface area contributed by atoms with E-state index < -0.39 is 5.54 Å². The molecule has 1 heterocycles. The van der Waals surface area contributed by atoms with Crippen LogP contribution in [-0.2, 0) is 4.79 Å². The van der Waals surface area contributed by atoms with E-state index in [2.05, 4.69) is 16.3 Å². The first-order valence-corrected chi connectivity index (χ1v) is 9.03. The average molecular weight is 359 g/mol. The van der Waals surface area contributed by atoms with Crippen LogP contribution in [0.1, 0.15) is 45.2 Å². The van der Waals surface area contributed by atoms with Crippen LogP contribution in [0.4, 0.5) is 0 Å². The molecule has 0 spiro atoms. The van der Waals surface area contributed by atoms with Gasteiger partial charge in [-0.05, 0) is 38.3 Å². The van der Waals surface area contributed by atoms with Crippen molar-refractivity contribution < 1.29 is 14.3 Å². The number of likely N-dealkylation sites (tertiary alicyclic amines) is 1. The van der Waals surface area contributed by atoms with Crippen molar-refractivity contribution in [2.45, 2.75) is 45.2 Å². The Labute approximate surface area is 156 Å². The molecule has 26 heavy (non-hydrogen) atoms. The maximum absolute atomic E-state index is 12.6. The molecule has 1 saturated heterocycles. The highest BCUT2D eigenvalue weighted by Crippen LogP contribution is 2.38. The molecular formula is C20H29N3O3. The number of rotatable bonds is 7. The van der Waals surface area contributed by atoms with Crippen LogP contribution < -0.4 is 14.8 Å². The summed E-state index contributed by atoms with van der Waals surface area (Å²) < 4.78 is 10.8. The fraction of sp³-hybridized carbons (Fsp3) is 0.600. The Morgan fingerprint density at radius 2 is 2.15 bits per heavy atom. The molecule has 0 saturated carbocycles. The zero-order chi connectivity index (χ0) is 19.3. The number of methoxy groups -OCH3 is 2. The zero-order valence-electron chi connectivity index (χ0n) is 16.3. The first-order chi connectivity index (χ1) is 12.3. The van der Waals surface area contributed by atoms with Crippen molar-refractivity contribution in [1.29, 1.82) is 5.26 Å². The Balaban J connectivity index is 2.14. The van der Waals surface area contributed by atoms with Gasteiger partial charge in [0.2, 0.25) is 5.91 Å². The van der Waals surface area contributed by atoms with Gasteiger partial charge in [0.1, 0.15) is 17.0 Å². The van der Waals surface area contributed by atoms with Gasteiger partial charge in [0, 0.05) is 17.7 Å². The topological polar surface area (TPSA) is 74.6 Å². The van der Waals surface area contributed by atoms with Gasteiger partial charge in [-0.15, -0.1) is 0 Å². The van der Waals surface area contributed by atoms with Crippen molar-refractivity contribution >= 4 is 5.91 Å². The Morgan fingerprint density at radius 3 is 2.73 bits per heavy atom. The number of carbonyl (C=O) groups excluding carboxylic acids is 1. The third kappa shape index (κ3) is 4.28. The van der Waals surface area contributed by atoms with Crippen LogP contribution in [0.3, 0.4) is 0 Å². The molecule has 0 radical (unpaired) electrons. The third-order valence-electron chi connectivity index (χ3n) is 5.30. The fourth-order valence-electron chi connectivity index (χ4n) is 3.28. The molecule has 1 N–H and O–H groups in total. The lowest BCUT2D eigenvalue weighted by atomic mass is 9.90. The van der Waals surface area contributed by atoms with E-state index in [4.69, 9.17) is 9.47 Å². The smallest absolute Gasteiger partial charge is 0.235 e. The van der Waals surface area contributed by atoms with Gasteiger partial charge in [-0.2, -0.15) is 5.26 Å². The molecule has 2 atom stereocenters. The van der Waals surface area contributed by atoms with Crippen LogP contribution in [-0.4, -0.2) is 43.7 Å². The lowest BCUT2D eigenvalue weighted by molar-refractivity contribution is -0.124. The Hall–Kier alpha value is -2.26. The molecule has 142 valence electrons. The third-order valence-corrected chi connectivity index (χ3v) is 5.30. The zero-order valence-corrected chi connectivity index (χ0v) is 16.3. The van der Waals surface area contributed by atoms with Crippen molar-refractivity contribution in [3.05, 3.63) is 23.8 Å². The maximum Gasteiger partial charge on any atom is 0.235 e. The lowest BCUT2D eigenvalue weighted by Gasteiger charge is -2.30. The highest BCUT2D eigenvalue weighted by atomic mass is 16.5. The largest absolute Gasteiger partial charge is 0.497 e. The van der Waals surface area contributed by atoms with E-state index in [1.165, 1.54) is 0 Å². The maximum atomic E-state index is 12.6. The van der Waals surface area contributed by atoms with E-state index in [1.807, 2.05) is 32.0 Å². The minimum absolute atomic E-state index is 0.0347. The van der Waals surface area contributed by atoms with Crippen LogP contribution in [0.5, 0.6) is 11.5 Å². The summed E-state index contributed by atoms with van der Waals surface area (Å²) in [6.45, 7) is 6.75. The summed E-state index contributed by atoms with van der Waals surface area (Å²) in [7, 11) is 3.27. The molecule has 0 aliphatic carbocycles. The van der Waals surface area contributed by atoms with E-state index in [1.54, 1.807) is 21.1 Å². The van der Waals surface area contributed by atoms with Crippen molar-refractivity contribution in [3.8, 4) is 17.6 Å².